The summed E-state index contributed by atoms with van der Waals surface area (Å²) in [6, 6.07) is 15.8. The van der Waals surface area contributed by atoms with Crippen LogP contribution in [-0.4, -0.2) is 0 Å². The summed E-state index contributed by atoms with van der Waals surface area (Å²) < 4.78 is 0. The first-order valence-electron chi connectivity index (χ1n) is 4.48. The first-order chi connectivity index (χ1) is 6.97. The van der Waals surface area contributed by atoms with Crippen molar-refractivity contribution in [2.75, 3.05) is 0 Å². The molecule has 1 heterocycles. The van der Waals surface area contributed by atoms with Crippen molar-refractivity contribution >= 4 is 6.08 Å². The highest BCUT2D eigenvalue weighted by Crippen LogP contribution is 2.18. The fraction of sp³-hybridized carbons (Fsp3) is 0. The Morgan fingerprint density at radius 3 is 2.43 bits per heavy atom. The molecular formula is C12H11NO. The van der Waals surface area contributed by atoms with Gasteiger partial charge in [0.1, 0.15) is 0 Å². The number of hydrogen-bond donors (Lipinski definition) is 1. The van der Waals surface area contributed by atoms with Crippen LogP contribution in [0.3, 0.4) is 0 Å². The molecule has 0 unspecified atom stereocenters. The molecule has 1 aromatic rings. The molecule has 1 aliphatic rings. The predicted octanol–water partition coefficient (Wildman–Crippen LogP) is 2.68. The van der Waals surface area contributed by atoms with Crippen LogP contribution in [0.2, 0.25) is 0 Å². The quantitative estimate of drug-likeness (QED) is 0.671. The van der Waals surface area contributed by atoms with Crippen molar-refractivity contribution in [2.45, 2.75) is 0 Å². The molecule has 0 amide bonds. The van der Waals surface area contributed by atoms with Gasteiger partial charge in [0.15, 0.2) is 5.75 Å². The Labute approximate surface area is 83.1 Å². The van der Waals surface area contributed by atoms with Crippen LogP contribution in [-0.2, 0) is 0 Å². The van der Waals surface area contributed by atoms with Crippen LogP contribution in [0, 0.1) is 0 Å². The summed E-state index contributed by atoms with van der Waals surface area (Å²) in [4.78, 5) is 5.26. The molecular weight excluding hydrogens is 174 g/mol. The van der Waals surface area contributed by atoms with Crippen LogP contribution in [0.1, 0.15) is 5.56 Å². The third kappa shape index (κ3) is 2.04. The third-order valence-electron chi connectivity index (χ3n) is 1.86. The zero-order chi connectivity index (χ0) is 9.64. The van der Waals surface area contributed by atoms with Crippen LogP contribution < -0.4 is 10.3 Å². The molecule has 1 aliphatic heterocycles. The minimum atomic E-state index is 0.823. The van der Waals surface area contributed by atoms with Crippen LogP contribution >= 0.6 is 0 Å². The van der Waals surface area contributed by atoms with Crippen LogP contribution in [0.5, 0.6) is 5.75 Å². The van der Waals surface area contributed by atoms with Crippen molar-refractivity contribution in [2.24, 2.45) is 0 Å². The van der Waals surface area contributed by atoms with Gasteiger partial charge in [0, 0.05) is 11.8 Å². The summed E-state index contributed by atoms with van der Waals surface area (Å²) in [5, 5.41) is 0. The molecule has 1 N–H and O–H groups in total. The molecule has 0 bridgehead atoms. The van der Waals surface area contributed by atoms with E-state index in [4.69, 9.17) is 4.84 Å². The lowest BCUT2D eigenvalue weighted by Crippen LogP contribution is -2.13. The molecule has 0 spiro atoms. The highest BCUT2D eigenvalue weighted by Gasteiger charge is 1.99. The average Bonchev–Trinajstić information content (AvgIpc) is 2.25. The van der Waals surface area contributed by atoms with E-state index in [1.807, 2.05) is 54.6 Å². The molecule has 0 fully saturated rings. The predicted molar refractivity (Wildman–Crippen MR) is 56.9 cm³/mol. The normalized spacial score (nSPS) is 11.7. The number of rotatable bonds is 0. The van der Waals surface area contributed by atoms with Crippen molar-refractivity contribution in [3.63, 3.8) is 0 Å². The largest absolute Gasteiger partial charge is 0.382 e. The van der Waals surface area contributed by atoms with Crippen LogP contribution in [0.15, 0.2) is 54.7 Å². The molecule has 0 saturated carbocycles. The van der Waals surface area contributed by atoms with Gasteiger partial charge >= 0.3 is 0 Å². The second-order valence-corrected chi connectivity index (χ2v) is 2.86. The SMILES string of the molecule is C1=Cc2ccccccccc2ON1. The van der Waals surface area contributed by atoms with E-state index in [1.54, 1.807) is 6.20 Å². The fourth-order valence-electron chi connectivity index (χ4n) is 1.19. The molecule has 2 heteroatoms. The summed E-state index contributed by atoms with van der Waals surface area (Å²) in [6.45, 7) is 0. The van der Waals surface area contributed by atoms with Gasteiger partial charge in [0.05, 0.1) is 0 Å². The van der Waals surface area contributed by atoms with E-state index < -0.39 is 0 Å². The molecule has 0 aromatic heterocycles. The van der Waals surface area contributed by atoms with Crippen molar-refractivity contribution < 1.29 is 4.84 Å². The maximum Gasteiger partial charge on any atom is 0.162 e. The van der Waals surface area contributed by atoms with E-state index in [2.05, 4.69) is 5.48 Å². The Balaban J connectivity index is 2.56. The van der Waals surface area contributed by atoms with Crippen LogP contribution in [0.25, 0.3) is 6.08 Å². The highest BCUT2D eigenvalue weighted by molar-refractivity contribution is 5.56. The van der Waals surface area contributed by atoms with Gasteiger partial charge in [0.25, 0.3) is 0 Å². The van der Waals surface area contributed by atoms with E-state index in [-0.39, 0.29) is 0 Å². The topological polar surface area (TPSA) is 21.3 Å². The Kier molecular flexibility index (Phi) is 2.67. The Morgan fingerprint density at radius 2 is 1.57 bits per heavy atom. The molecule has 0 aliphatic carbocycles. The van der Waals surface area contributed by atoms with Gasteiger partial charge in [0.2, 0.25) is 0 Å². The van der Waals surface area contributed by atoms with Gasteiger partial charge in [-0.25, -0.2) is 5.48 Å². The van der Waals surface area contributed by atoms with Crippen LogP contribution in [0.4, 0.5) is 0 Å². The third-order valence-corrected chi connectivity index (χ3v) is 1.86. The average molecular weight is 185 g/mol. The van der Waals surface area contributed by atoms with Gasteiger partial charge in [-0.2, -0.15) is 0 Å². The molecule has 0 atom stereocenters. The van der Waals surface area contributed by atoms with Gasteiger partial charge in [-0.1, -0.05) is 42.5 Å². The van der Waals surface area contributed by atoms with Crippen molar-refractivity contribution in [1.82, 2.24) is 5.48 Å². The number of hydroxylamine groups is 1. The first kappa shape index (κ1) is 8.63. The molecule has 1 aromatic carbocycles. The Morgan fingerprint density at radius 1 is 0.857 bits per heavy atom. The minimum Gasteiger partial charge on any atom is -0.382 e. The van der Waals surface area contributed by atoms with Crippen molar-refractivity contribution in [1.29, 1.82) is 0 Å². The summed E-state index contributed by atoms with van der Waals surface area (Å²) in [5.74, 6) is 0.823. The van der Waals surface area contributed by atoms with Gasteiger partial charge in [-0.3, -0.25) is 0 Å². The second kappa shape index (κ2) is 4.33. The van der Waals surface area contributed by atoms with E-state index >= 15 is 0 Å². The van der Waals surface area contributed by atoms with E-state index in [0.717, 1.165) is 11.3 Å². The van der Waals surface area contributed by atoms with E-state index in [1.165, 1.54) is 0 Å². The molecule has 0 radical (unpaired) electrons. The van der Waals surface area contributed by atoms with E-state index in [9.17, 15) is 0 Å². The lowest BCUT2D eigenvalue weighted by molar-refractivity contribution is 0.239. The summed E-state index contributed by atoms with van der Waals surface area (Å²) in [5.41, 5.74) is 3.76. The van der Waals surface area contributed by atoms with E-state index in [0.29, 0.717) is 0 Å². The minimum absolute atomic E-state index is 0.823. The highest BCUT2D eigenvalue weighted by atomic mass is 16.6. The number of hydrogen-bond acceptors (Lipinski definition) is 2. The second-order valence-electron chi connectivity index (χ2n) is 2.86. The lowest BCUT2D eigenvalue weighted by atomic mass is 10.2. The maximum absolute atomic E-state index is 5.26. The molecule has 70 valence electrons. The van der Waals surface area contributed by atoms with Gasteiger partial charge < -0.3 is 4.84 Å². The summed E-state index contributed by atoms with van der Waals surface area (Å²) >= 11 is 0. The monoisotopic (exact) mass is 185 g/mol. The fourth-order valence-corrected chi connectivity index (χ4v) is 1.19. The van der Waals surface area contributed by atoms with Crippen molar-refractivity contribution in [3.05, 3.63) is 60.3 Å². The molecule has 2 nitrogen and oxygen atoms in total. The molecule has 14 heavy (non-hydrogen) atoms. The Bertz CT molecular complexity index is 397. The smallest absolute Gasteiger partial charge is 0.162 e. The molecule has 0 saturated heterocycles. The van der Waals surface area contributed by atoms with Crippen molar-refractivity contribution in [3.8, 4) is 5.75 Å². The first-order valence-corrected chi connectivity index (χ1v) is 4.48. The standard InChI is InChI=1S/C12H11NO/c1-2-4-6-8-12-11(7-5-3-1)9-10-13-14-12/h1-10,13H. The maximum atomic E-state index is 5.26. The zero-order valence-electron chi connectivity index (χ0n) is 7.68. The summed E-state index contributed by atoms with van der Waals surface area (Å²) in [7, 11) is 0. The zero-order valence-corrected chi connectivity index (χ0v) is 7.68. The van der Waals surface area contributed by atoms with Gasteiger partial charge in [-0.05, 0) is 12.1 Å². The van der Waals surface area contributed by atoms with Gasteiger partial charge in [-0.15, -0.1) is 0 Å². The summed E-state index contributed by atoms with van der Waals surface area (Å²) in [6.07, 6.45) is 3.74. The lowest BCUT2D eigenvalue weighted by Gasteiger charge is -2.09. The number of fused-ring (bicyclic) bond motifs is 1. The number of nitrogens with one attached hydrogen (secondary N) is 1. The molecule has 2 rings (SSSR count). The Hall–Kier alpha value is -1.96.